The second kappa shape index (κ2) is 6.58. The fraction of sp³-hybridized carbons (Fsp3) is 0.417. The number of anilines is 2. The Labute approximate surface area is 119 Å². The largest absolute Gasteiger partial charge is 0.399 e. The number of hydrogen-bond donors (Lipinski definition) is 3. The van der Waals surface area contributed by atoms with Crippen molar-refractivity contribution < 1.29 is 13.2 Å². The fourth-order valence-electron chi connectivity index (χ4n) is 1.54. The number of carbonyl (C=O) groups is 1. The molecule has 0 atom stereocenters. The van der Waals surface area contributed by atoms with Crippen molar-refractivity contribution in [2.24, 2.45) is 0 Å². The van der Waals surface area contributed by atoms with Crippen molar-refractivity contribution >= 4 is 27.3 Å². The van der Waals surface area contributed by atoms with Gasteiger partial charge in [-0.15, -0.1) is 0 Å². The Kier molecular flexibility index (Phi) is 5.34. The zero-order valence-corrected chi connectivity index (χ0v) is 12.6. The van der Waals surface area contributed by atoms with Crippen molar-refractivity contribution in [2.45, 2.75) is 11.3 Å². The molecule has 0 unspecified atom stereocenters. The van der Waals surface area contributed by atoms with Crippen molar-refractivity contribution in [1.82, 2.24) is 9.62 Å². The minimum Gasteiger partial charge on any atom is -0.399 e. The highest BCUT2D eigenvalue weighted by atomic mass is 32.2. The van der Waals surface area contributed by atoms with Gasteiger partial charge in [0.05, 0.1) is 5.69 Å². The molecule has 1 aromatic carbocycles. The number of hydrogen-bond acceptors (Lipinski definition) is 5. The lowest BCUT2D eigenvalue weighted by Gasteiger charge is -2.14. The number of nitrogen functional groups attached to an aromatic ring is 1. The average Bonchev–Trinajstić information content (AvgIpc) is 2.39. The Bertz CT molecular complexity index is 584. The van der Waals surface area contributed by atoms with E-state index in [2.05, 4.69) is 10.0 Å². The minimum atomic E-state index is -3.61. The lowest BCUT2D eigenvalue weighted by Crippen LogP contribution is -2.25. The number of sulfonamides is 1. The number of nitrogens with two attached hydrogens (primary N) is 1. The predicted molar refractivity (Wildman–Crippen MR) is 78.9 cm³/mol. The van der Waals surface area contributed by atoms with Crippen LogP contribution in [0.3, 0.4) is 0 Å². The van der Waals surface area contributed by atoms with Gasteiger partial charge in [-0.1, -0.05) is 0 Å². The molecule has 4 N–H and O–H groups in total. The number of benzene rings is 1. The lowest BCUT2D eigenvalue weighted by molar-refractivity contribution is -0.128. The predicted octanol–water partition coefficient (Wildman–Crippen LogP) is 0.0671. The van der Waals surface area contributed by atoms with Crippen molar-refractivity contribution in [2.75, 3.05) is 38.7 Å². The van der Waals surface area contributed by atoms with Crippen LogP contribution in [-0.2, 0) is 14.8 Å². The van der Waals surface area contributed by atoms with E-state index in [1.807, 2.05) is 0 Å². The van der Waals surface area contributed by atoms with Crippen LogP contribution in [0.15, 0.2) is 23.1 Å². The van der Waals surface area contributed by atoms with Gasteiger partial charge in [-0.3, -0.25) is 4.79 Å². The second-order valence-corrected chi connectivity index (χ2v) is 6.28. The topological polar surface area (TPSA) is 105 Å². The smallest absolute Gasteiger partial charge is 0.242 e. The molecule has 1 amide bonds. The maximum absolute atomic E-state index is 11.9. The highest BCUT2D eigenvalue weighted by molar-refractivity contribution is 7.89. The van der Waals surface area contributed by atoms with Crippen LogP contribution < -0.4 is 15.8 Å². The van der Waals surface area contributed by atoms with Crippen molar-refractivity contribution in [3.05, 3.63) is 18.2 Å². The lowest BCUT2D eigenvalue weighted by atomic mass is 10.2. The molecule has 0 fully saturated rings. The molecule has 0 radical (unpaired) electrons. The van der Waals surface area contributed by atoms with E-state index < -0.39 is 10.0 Å². The van der Waals surface area contributed by atoms with Gasteiger partial charge in [0, 0.05) is 32.7 Å². The molecule has 0 saturated heterocycles. The van der Waals surface area contributed by atoms with Crippen LogP contribution in [-0.4, -0.2) is 46.9 Å². The number of nitrogens with one attached hydrogen (secondary N) is 2. The summed E-state index contributed by atoms with van der Waals surface area (Å²) in [5, 5.41) is 2.94. The molecule has 20 heavy (non-hydrogen) atoms. The maximum atomic E-state index is 11.9. The highest BCUT2D eigenvalue weighted by Gasteiger charge is 2.17. The van der Waals surface area contributed by atoms with Crippen molar-refractivity contribution in [1.29, 1.82) is 0 Å². The molecule has 0 spiro atoms. The number of rotatable bonds is 6. The van der Waals surface area contributed by atoms with E-state index in [-0.39, 0.29) is 17.2 Å². The summed E-state index contributed by atoms with van der Waals surface area (Å²) < 4.78 is 26.0. The van der Waals surface area contributed by atoms with Crippen LogP contribution in [0.5, 0.6) is 0 Å². The van der Waals surface area contributed by atoms with Crippen LogP contribution in [0.25, 0.3) is 0 Å². The molecule has 112 valence electrons. The van der Waals surface area contributed by atoms with Gasteiger partial charge in [-0.25, -0.2) is 13.1 Å². The third-order valence-electron chi connectivity index (χ3n) is 2.72. The van der Waals surface area contributed by atoms with Gasteiger partial charge in [0.15, 0.2) is 0 Å². The molecule has 0 saturated carbocycles. The number of amides is 1. The molecule has 0 bridgehead atoms. The molecule has 0 aliphatic rings. The summed E-state index contributed by atoms with van der Waals surface area (Å²) in [6.45, 7) is 0.340. The van der Waals surface area contributed by atoms with Crippen LogP contribution in [0.1, 0.15) is 6.42 Å². The summed E-state index contributed by atoms with van der Waals surface area (Å²) in [5.74, 6) is -0.0361. The van der Waals surface area contributed by atoms with Crippen LogP contribution in [0.2, 0.25) is 0 Å². The summed E-state index contributed by atoms with van der Waals surface area (Å²) in [4.78, 5) is 13.0. The summed E-state index contributed by atoms with van der Waals surface area (Å²) >= 11 is 0. The molecule has 1 aromatic rings. The van der Waals surface area contributed by atoms with E-state index in [9.17, 15) is 13.2 Å². The summed E-state index contributed by atoms with van der Waals surface area (Å²) in [6, 6.07) is 4.56. The summed E-state index contributed by atoms with van der Waals surface area (Å²) in [5.41, 5.74) is 6.39. The van der Waals surface area contributed by atoms with Crippen LogP contribution in [0.4, 0.5) is 11.4 Å². The monoisotopic (exact) mass is 300 g/mol. The van der Waals surface area contributed by atoms with Crippen LogP contribution in [0, 0.1) is 0 Å². The Morgan fingerprint density at radius 3 is 2.55 bits per heavy atom. The quantitative estimate of drug-likeness (QED) is 0.645. The minimum absolute atomic E-state index is 0.0361. The Morgan fingerprint density at radius 2 is 2.00 bits per heavy atom. The highest BCUT2D eigenvalue weighted by Crippen LogP contribution is 2.23. The molecule has 7 nitrogen and oxygen atoms in total. The van der Waals surface area contributed by atoms with E-state index in [4.69, 9.17) is 5.73 Å². The van der Waals surface area contributed by atoms with E-state index in [0.717, 1.165) is 0 Å². The first-order valence-corrected chi connectivity index (χ1v) is 7.53. The van der Waals surface area contributed by atoms with Gasteiger partial charge < -0.3 is 16.0 Å². The third kappa shape index (κ3) is 4.10. The number of nitrogens with zero attached hydrogens (tertiary/aromatic N) is 1. The molecule has 0 aliphatic carbocycles. The first kappa shape index (κ1) is 16.3. The van der Waals surface area contributed by atoms with E-state index >= 15 is 0 Å². The molecule has 0 aliphatic heterocycles. The SMILES string of the molecule is CNS(=O)(=O)c1cc(N)ccc1NCCC(=O)N(C)C. The van der Waals surface area contributed by atoms with Gasteiger partial charge in [0.2, 0.25) is 15.9 Å². The molecule has 8 heteroatoms. The van der Waals surface area contributed by atoms with Crippen molar-refractivity contribution in [3.8, 4) is 0 Å². The second-order valence-electron chi connectivity index (χ2n) is 4.43. The molecule has 0 heterocycles. The fourth-order valence-corrected chi connectivity index (χ4v) is 2.49. The first-order valence-electron chi connectivity index (χ1n) is 6.05. The summed E-state index contributed by atoms with van der Waals surface area (Å²) in [6.07, 6.45) is 0.274. The zero-order valence-electron chi connectivity index (χ0n) is 11.8. The normalized spacial score (nSPS) is 11.2. The Balaban J connectivity index is 2.88. The maximum Gasteiger partial charge on any atom is 0.242 e. The van der Waals surface area contributed by atoms with Gasteiger partial charge in [-0.05, 0) is 25.2 Å². The summed E-state index contributed by atoms with van der Waals surface area (Å²) in [7, 11) is 1.06. The Hall–Kier alpha value is -1.80. The van der Waals surface area contributed by atoms with Gasteiger partial charge in [0.1, 0.15) is 4.90 Å². The molecular weight excluding hydrogens is 280 g/mol. The first-order chi connectivity index (χ1) is 9.27. The van der Waals surface area contributed by atoms with Gasteiger partial charge in [0.25, 0.3) is 0 Å². The Morgan fingerprint density at radius 1 is 1.35 bits per heavy atom. The van der Waals surface area contributed by atoms with Gasteiger partial charge in [-0.2, -0.15) is 0 Å². The molecule has 0 aromatic heterocycles. The zero-order chi connectivity index (χ0) is 15.3. The standard InChI is InChI=1S/C12H20N4O3S/c1-14-20(18,19)11-8-9(13)4-5-10(11)15-7-6-12(17)16(2)3/h4-5,8,14-15H,6-7,13H2,1-3H3. The van der Waals surface area contributed by atoms with Crippen molar-refractivity contribution in [3.63, 3.8) is 0 Å². The van der Waals surface area contributed by atoms with E-state index in [0.29, 0.717) is 17.9 Å². The number of carbonyl (C=O) groups excluding carboxylic acids is 1. The van der Waals surface area contributed by atoms with Crippen LogP contribution >= 0.6 is 0 Å². The molecule has 1 rings (SSSR count). The van der Waals surface area contributed by atoms with Gasteiger partial charge >= 0.3 is 0 Å². The van der Waals surface area contributed by atoms with E-state index in [1.165, 1.54) is 18.0 Å². The average molecular weight is 300 g/mol. The third-order valence-corrected chi connectivity index (χ3v) is 4.17. The van der Waals surface area contributed by atoms with E-state index in [1.54, 1.807) is 26.2 Å². The molecular formula is C12H20N4O3S.